The molecule has 3 aromatic heterocycles. The SMILES string of the molecule is CCC(Nc1ncncc1C(=O)O)c1cn2cccnc2n1. The van der Waals surface area contributed by atoms with E-state index in [1.807, 2.05) is 29.8 Å². The molecular formula is C14H14N6O2. The summed E-state index contributed by atoms with van der Waals surface area (Å²) in [7, 11) is 0. The van der Waals surface area contributed by atoms with Gasteiger partial charge in [-0.2, -0.15) is 0 Å². The quantitative estimate of drug-likeness (QED) is 0.739. The van der Waals surface area contributed by atoms with E-state index in [-0.39, 0.29) is 17.4 Å². The lowest BCUT2D eigenvalue weighted by atomic mass is 10.1. The Morgan fingerprint density at radius 2 is 2.32 bits per heavy atom. The first-order chi connectivity index (χ1) is 10.7. The molecule has 3 aromatic rings. The first-order valence-corrected chi connectivity index (χ1v) is 6.78. The van der Waals surface area contributed by atoms with Crippen molar-refractivity contribution in [2.75, 3.05) is 5.32 Å². The van der Waals surface area contributed by atoms with Crippen molar-refractivity contribution in [2.24, 2.45) is 0 Å². The van der Waals surface area contributed by atoms with Gasteiger partial charge in [0.2, 0.25) is 5.78 Å². The molecule has 8 heteroatoms. The fourth-order valence-corrected chi connectivity index (χ4v) is 2.17. The molecule has 2 N–H and O–H groups in total. The van der Waals surface area contributed by atoms with E-state index in [2.05, 4.69) is 25.3 Å². The van der Waals surface area contributed by atoms with Crippen LogP contribution in [0.5, 0.6) is 0 Å². The van der Waals surface area contributed by atoms with Crippen LogP contribution in [-0.4, -0.2) is 35.4 Å². The van der Waals surface area contributed by atoms with E-state index in [0.717, 1.165) is 5.69 Å². The summed E-state index contributed by atoms with van der Waals surface area (Å²) in [5.41, 5.74) is 0.805. The Morgan fingerprint density at radius 1 is 1.45 bits per heavy atom. The Kier molecular flexibility index (Phi) is 3.65. The lowest BCUT2D eigenvalue weighted by Gasteiger charge is -2.16. The zero-order valence-corrected chi connectivity index (χ0v) is 11.8. The smallest absolute Gasteiger partial charge is 0.341 e. The molecule has 0 saturated heterocycles. The maximum Gasteiger partial charge on any atom is 0.341 e. The Bertz CT molecular complexity index is 783. The number of aromatic nitrogens is 5. The van der Waals surface area contributed by atoms with Gasteiger partial charge in [-0.15, -0.1) is 0 Å². The topological polar surface area (TPSA) is 105 Å². The summed E-state index contributed by atoms with van der Waals surface area (Å²) in [5.74, 6) is -0.201. The molecule has 1 atom stereocenters. The molecule has 3 rings (SSSR count). The number of carbonyl (C=O) groups is 1. The third-order valence-corrected chi connectivity index (χ3v) is 3.27. The highest BCUT2D eigenvalue weighted by Gasteiger charge is 2.18. The van der Waals surface area contributed by atoms with Crippen LogP contribution in [0, 0.1) is 0 Å². The molecule has 3 heterocycles. The molecule has 0 spiro atoms. The van der Waals surface area contributed by atoms with Gasteiger partial charge in [0, 0.05) is 24.8 Å². The molecule has 0 aliphatic heterocycles. The number of hydrogen-bond acceptors (Lipinski definition) is 6. The molecule has 1 unspecified atom stereocenters. The van der Waals surface area contributed by atoms with Crippen molar-refractivity contribution in [3.63, 3.8) is 0 Å². The second-order valence-electron chi connectivity index (χ2n) is 4.69. The van der Waals surface area contributed by atoms with E-state index in [4.69, 9.17) is 0 Å². The minimum Gasteiger partial charge on any atom is -0.477 e. The minimum atomic E-state index is -1.07. The number of anilines is 1. The van der Waals surface area contributed by atoms with Crippen LogP contribution in [0.15, 0.2) is 37.2 Å². The summed E-state index contributed by atoms with van der Waals surface area (Å²) >= 11 is 0. The summed E-state index contributed by atoms with van der Waals surface area (Å²) in [6, 6.07) is 1.65. The number of imidazole rings is 1. The Morgan fingerprint density at radius 3 is 3.05 bits per heavy atom. The number of hydrogen-bond donors (Lipinski definition) is 2. The summed E-state index contributed by atoms with van der Waals surface area (Å²) in [4.78, 5) is 27.6. The number of nitrogens with one attached hydrogen (secondary N) is 1. The summed E-state index contributed by atoms with van der Waals surface area (Å²) in [5, 5.41) is 12.3. The molecule has 22 heavy (non-hydrogen) atoms. The van der Waals surface area contributed by atoms with Gasteiger partial charge in [-0.05, 0) is 12.5 Å². The van der Waals surface area contributed by atoms with Crippen LogP contribution >= 0.6 is 0 Å². The normalized spacial score (nSPS) is 12.2. The van der Waals surface area contributed by atoms with Gasteiger partial charge in [0.1, 0.15) is 17.7 Å². The van der Waals surface area contributed by atoms with Crippen LogP contribution in [0.1, 0.15) is 35.4 Å². The van der Waals surface area contributed by atoms with Crippen LogP contribution in [0.3, 0.4) is 0 Å². The van der Waals surface area contributed by atoms with E-state index in [0.29, 0.717) is 12.2 Å². The van der Waals surface area contributed by atoms with Gasteiger partial charge in [-0.1, -0.05) is 6.92 Å². The van der Waals surface area contributed by atoms with Crippen LogP contribution in [-0.2, 0) is 0 Å². The highest BCUT2D eigenvalue weighted by molar-refractivity contribution is 5.92. The highest BCUT2D eigenvalue weighted by Crippen LogP contribution is 2.22. The van der Waals surface area contributed by atoms with Gasteiger partial charge < -0.3 is 10.4 Å². The molecule has 0 bridgehead atoms. The molecule has 0 radical (unpaired) electrons. The van der Waals surface area contributed by atoms with Crippen molar-refractivity contribution in [3.05, 3.63) is 48.4 Å². The fraction of sp³-hybridized carbons (Fsp3) is 0.214. The van der Waals surface area contributed by atoms with Gasteiger partial charge in [-0.3, -0.25) is 4.40 Å². The van der Waals surface area contributed by atoms with Crippen molar-refractivity contribution in [1.29, 1.82) is 0 Å². The van der Waals surface area contributed by atoms with E-state index in [9.17, 15) is 9.90 Å². The number of aromatic carboxylic acids is 1. The first-order valence-electron chi connectivity index (χ1n) is 6.78. The predicted octanol–water partition coefficient (Wildman–Crippen LogP) is 1.78. The van der Waals surface area contributed by atoms with Crippen LogP contribution < -0.4 is 5.32 Å². The van der Waals surface area contributed by atoms with E-state index in [1.54, 1.807) is 6.20 Å². The fourth-order valence-electron chi connectivity index (χ4n) is 2.17. The predicted molar refractivity (Wildman–Crippen MR) is 78.6 cm³/mol. The average Bonchev–Trinajstić information content (AvgIpc) is 2.96. The molecule has 0 aliphatic carbocycles. The van der Waals surface area contributed by atoms with Crippen LogP contribution in [0.4, 0.5) is 5.82 Å². The molecule has 112 valence electrons. The van der Waals surface area contributed by atoms with Gasteiger partial charge in [0.05, 0.1) is 11.7 Å². The Labute approximate surface area is 125 Å². The van der Waals surface area contributed by atoms with Crippen LogP contribution in [0.25, 0.3) is 5.78 Å². The standard InChI is InChI=1S/C14H14N6O2/c1-2-10(11-7-20-5-3-4-16-14(20)19-11)18-12-9(13(21)22)6-15-8-17-12/h3-8,10H,2H2,1H3,(H,21,22)(H,15,17,18). The average molecular weight is 298 g/mol. The zero-order valence-electron chi connectivity index (χ0n) is 11.8. The second-order valence-corrected chi connectivity index (χ2v) is 4.69. The third-order valence-electron chi connectivity index (χ3n) is 3.27. The minimum absolute atomic E-state index is 0.0304. The Balaban J connectivity index is 1.93. The Hall–Kier alpha value is -3.03. The molecule has 8 nitrogen and oxygen atoms in total. The summed E-state index contributed by atoms with van der Waals surface area (Å²) in [6.45, 7) is 1.98. The summed E-state index contributed by atoms with van der Waals surface area (Å²) < 4.78 is 1.82. The van der Waals surface area contributed by atoms with E-state index >= 15 is 0 Å². The third kappa shape index (κ3) is 2.58. The number of nitrogens with zero attached hydrogens (tertiary/aromatic N) is 5. The number of carboxylic acid groups (broad SMARTS) is 1. The molecule has 0 saturated carbocycles. The maximum absolute atomic E-state index is 11.2. The largest absolute Gasteiger partial charge is 0.477 e. The highest BCUT2D eigenvalue weighted by atomic mass is 16.4. The van der Waals surface area contributed by atoms with Gasteiger partial charge >= 0.3 is 5.97 Å². The summed E-state index contributed by atoms with van der Waals surface area (Å²) in [6.07, 6.45) is 8.70. The van der Waals surface area contributed by atoms with Gasteiger partial charge in [0.15, 0.2) is 0 Å². The molecule has 0 aromatic carbocycles. The molecule has 0 fully saturated rings. The molecule has 0 amide bonds. The van der Waals surface area contributed by atoms with Gasteiger partial charge in [0.25, 0.3) is 0 Å². The van der Waals surface area contributed by atoms with Crippen molar-refractivity contribution >= 4 is 17.6 Å². The number of fused-ring (bicyclic) bond motifs is 1. The van der Waals surface area contributed by atoms with Crippen molar-refractivity contribution in [1.82, 2.24) is 24.3 Å². The first kappa shape index (κ1) is 13.9. The second kappa shape index (κ2) is 5.76. The van der Waals surface area contributed by atoms with Crippen molar-refractivity contribution in [2.45, 2.75) is 19.4 Å². The molecular weight excluding hydrogens is 284 g/mol. The number of rotatable bonds is 5. The monoisotopic (exact) mass is 298 g/mol. The van der Waals surface area contributed by atoms with E-state index < -0.39 is 5.97 Å². The molecule has 0 aliphatic rings. The zero-order chi connectivity index (χ0) is 15.5. The van der Waals surface area contributed by atoms with Gasteiger partial charge in [-0.25, -0.2) is 24.7 Å². The van der Waals surface area contributed by atoms with Crippen molar-refractivity contribution < 1.29 is 9.90 Å². The number of carboxylic acids is 1. The maximum atomic E-state index is 11.2. The van der Waals surface area contributed by atoms with E-state index in [1.165, 1.54) is 12.5 Å². The van der Waals surface area contributed by atoms with Crippen molar-refractivity contribution in [3.8, 4) is 0 Å². The lowest BCUT2D eigenvalue weighted by molar-refractivity contribution is 0.0697. The van der Waals surface area contributed by atoms with Crippen LogP contribution in [0.2, 0.25) is 0 Å². The lowest BCUT2D eigenvalue weighted by Crippen LogP contribution is -2.14.